The Kier molecular flexibility index (Phi) is 5.19. The first kappa shape index (κ1) is 18.9. The van der Waals surface area contributed by atoms with E-state index in [0.717, 1.165) is 12.3 Å². The number of nitrogens with zero attached hydrogens (tertiary/aromatic N) is 6. The zero-order valence-electron chi connectivity index (χ0n) is 15.0. The van der Waals surface area contributed by atoms with E-state index in [9.17, 15) is 18.0 Å². The number of alkyl halides is 3. The largest absolute Gasteiger partial charge is 0.417 e. The van der Waals surface area contributed by atoms with Gasteiger partial charge in [-0.25, -0.2) is 0 Å². The molecule has 0 aromatic carbocycles. The number of rotatable bonds is 2. The number of aromatic nitrogens is 3. The lowest BCUT2D eigenvalue weighted by Crippen LogP contribution is -2.53. The van der Waals surface area contributed by atoms with Gasteiger partial charge in [-0.15, -0.1) is 10.2 Å². The van der Waals surface area contributed by atoms with E-state index in [1.54, 1.807) is 11.9 Å². The quantitative estimate of drug-likeness (QED) is 0.618. The molecule has 1 saturated heterocycles. The topological polar surface area (TPSA) is 78.1 Å². The zero-order valence-corrected chi connectivity index (χ0v) is 15.0. The number of guanidine groups is 1. The standard InChI is InChI=1S/C16H20F3N7O/c1-11(27)24-5-7-25(8-6-24)15(20-2)21-9-14-23-22-13-4-3-12(10-26(13)14)16(17,18)19/h3-4,10H,5-9H2,1-2H3,(H,20,21). The van der Waals surface area contributed by atoms with Crippen molar-refractivity contribution in [1.82, 2.24) is 29.7 Å². The Morgan fingerprint density at radius 3 is 2.44 bits per heavy atom. The van der Waals surface area contributed by atoms with Crippen molar-refractivity contribution in [3.05, 3.63) is 29.7 Å². The molecule has 1 aliphatic rings. The molecule has 1 fully saturated rings. The summed E-state index contributed by atoms with van der Waals surface area (Å²) in [7, 11) is 1.63. The monoisotopic (exact) mass is 383 g/mol. The van der Waals surface area contributed by atoms with Gasteiger partial charge in [0.25, 0.3) is 0 Å². The SMILES string of the molecule is CN=C(NCc1nnc2ccc(C(F)(F)F)cn12)N1CCN(C(C)=O)CC1. The molecule has 11 heteroatoms. The third-order valence-corrected chi connectivity index (χ3v) is 4.44. The Morgan fingerprint density at radius 1 is 1.19 bits per heavy atom. The molecule has 1 N–H and O–H groups in total. The molecule has 0 radical (unpaired) electrons. The fourth-order valence-corrected chi connectivity index (χ4v) is 2.95. The first-order valence-electron chi connectivity index (χ1n) is 8.41. The number of pyridine rings is 1. The van der Waals surface area contributed by atoms with E-state index in [2.05, 4.69) is 20.5 Å². The molecule has 3 heterocycles. The Morgan fingerprint density at radius 2 is 1.85 bits per heavy atom. The Bertz CT molecular complexity index is 853. The molecule has 1 aliphatic heterocycles. The van der Waals surface area contributed by atoms with E-state index in [1.165, 1.54) is 17.4 Å². The van der Waals surface area contributed by atoms with E-state index in [4.69, 9.17) is 0 Å². The number of nitrogens with one attached hydrogen (secondary N) is 1. The lowest BCUT2D eigenvalue weighted by molar-refractivity contribution is -0.138. The Labute approximate surface area is 153 Å². The van der Waals surface area contributed by atoms with Crippen LogP contribution in [0.3, 0.4) is 0 Å². The summed E-state index contributed by atoms with van der Waals surface area (Å²) in [4.78, 5) is 19.4. The highest BCUT2D eigenvalue weighted by atomic mass is 19.4. The molecule has 0 atom stereocenters. The van der Waals surface area contributed by atoms with Crippen molar-refractivity contribution in [3.63, 3.8) is 0 Å². The number of hydrogen-bond donors (Lipinski definition) is 1. The van der Waals surface area contributed by atoms with Crippen LogP contribution in [-0.4, -0.2) is 69.5 Å². The summed E-state index contributed by atoms with van der Waals surface area (Å²) in [6.07, 6.45) is -3.45. The second-order valence-electron chi connectivity index (χ2n) is 6.15. The van der Waals surface area contributed by atoms with Crippen LogP contribution in [0, 0.1) is 0 Å². The van der Waals surface area contributed by atoms with Gasteiger partial charge in [-0.3, -0.25) is 14.2 Å². The summed E-state index contributed by atoms with van der Waals surface area (Å²) in [6, 6.07) is 2.27. The molecular weight excluding hydrogens is 363 g/mol. The summed E-state index contributed by atoms with van der Waals surface area (Å²) in [5.41, 5.74) is -0.425. The second-order valence-corrected chi connectivity index (χ2v) is 6.15. The van der Waals surface area contributed by atoms with Gasteiger partial charge in [0.05, 0.1) is 12.1 Å². The maximum Gasteiger partial charge on any atom is 0.417 e. The fourth-order valence-electron chi connectivity index (χ4n) is 2.95. The van der Waals surface area contributed by atoms with Crippen LogP contribution in [0.15, 0.2) is 23.3 Å². The minimum Gasteiger partial charge on any atom is -0.349 e. The molecule has 0 aliphatic carbocycles. The van der Waals surface area contributed by atoms with Crippen molar-refractivity contribution in [2.45, 2.75) is 19.6 Å². The highest BCUT2D eigenvalue weighted by Crippen LogP contribution is 2.29. The van der Waals surface area contributed by atoms with Gasteiger partial charge in [-0.1, -0.05) is 0 Å². The minimum absolute atomic E-state index is 0.0352. The number of aliphatic imine (C=N–C) groups is 1. The summed E-state index contributed by atoms with van der Waals surface area (Å²) in [6.45, 7) is 4.14. The average Bonchev–Trinajstić information content (AvgIpc) is 3.04. The van der Waals surface area contributed by atoms with Crippen LogP contribution in [0.25, 0.3) is 5.65 Å². The number of fused-ring (bicyclic) bond motifs is 1. The van der Waals surface area contributed by atoms with E-state index in [0.29, 0.717) is 43.6 Å². The molecule has 27 heavy (non-hydrogen) atoms. The van der Waals surface area contributed by atoms with Gasteiger partial charge in [0.2, 0.25) is 5.91 Å². The van der Waals surface area contributed by atoms with Crippen molar-refractivity contribution in [1.29, 1.82) is 0 Å². The van der Waals surface area contributed by atoms with E-state index < -0.39 is 11.7 Å². The first-order valence-corrected chi connectivity index (χ1v) is 8.41. The van der Waals surface area contributed by atoms with Crippen molar-refractivity contribution in [3.8, 4) is 0 Å². The van der Waals surface area contributed by atoms with Gasteiger partial charge >= 0.3 is 6.18 Å². The molecule has 0 unspecified atom stereocenters. The van der Waals surface area contributed by atoms with Crippen molar-refractivity contribution in [2.75, 3.05) is 33.2 Å². The minimum atomic E-state index is -4.43. The van der Waals surface area contributed by atoms with Crippen molar-refractivity contribution in [2.24, 2.45) is 4.99 Å². The van der Waals surface area contributed by atoms with Crippen LogP contribution < -0.4 is 5.32 Å². The molecule has 0 saturated carbocycles. The Balaban J connectivity index is 1.69. The number of piperazine rings is 1. The first-order chi connectivity index (χ1) is 12.8. The lowest BCUT2D eigenvalue weighted by atomic mass is 10.3. The third-order valence-electron chi connectivity index (χ3n) is 4.44. The van der Waals surface area contributed by atoms with Crippen LogP contribution >= 0.6 is 0 Å². The summed E-state index contributed by atoms with van der Waals surface area (Å²) >= 11 is 0. The Hall–Kier alpha value is -2.85. The van der Waals surface area contributed by atoms with Crippen LogP contribution in [0.2, 0.25) is 0 Å². The molecule has 2 aromatic rings. The second kappa shape index (κ2) is 7.41. The molecule has 3 rings (SSSR count). The molecular formula is C16H20F3N7O. The maximum atomic E-state index is 12.9. The van der Waals surface area contributed by atoms with E-state index in [-0.39, 0.29) is 12.5 Å². The zero-order chi connectivity index (χ0) is 19.6. The van der Waals surface area contributed by atoms with Crippen LogP contribution in [0.1, 0.15) is 18.3 Å². The summed E-state index contributed by atoms with van der Waals surface area (Å²) in [5.74, 6) is 0.981. The highest BCUT2D eigenvalue weighted by Gasteiger charge is 2.31. The van der Waals surface area contributed by atoms with Gasteiger partial charge in [0.15, 0.2) is 17.4 Å². The van der Waals surface area contributed by atoms with E-state index >= 15 is 0 Å². The maximum absolute atomic E-state index is 12.9. The average molecular weight is 383 g/mol. The van der Waals surface area contributed by atoms with E-state index in [1.807, 2.05) is 4.90 Å². The molecule has 2 aromatic heterocycles. The van der Waals surface area contributed by atoms with Crippen molar-refractivity contribution < 1.29 is 18.0 Å². The number of amides is 1. The predicted molar refractivity (Wildman–Crippen MR) is 92.0 cm³/mol. The van der Waals surface area contributed by atoms with Crippen molar-refractivity contribution >= 4 is 17.5 Å². The van der Waals surface area contributed by atoms with Gasteiger partial charge < -0.3 is 15.1 Å². The van der Waals surface area contributed by atoms with Gasteiger partial charge in [-0.05, 0) is 12.1 Å². The summed E-state index contributed by atoms with van der Waals surface area (Å²) in [5, 5.41) is 11.0. The fraction of sp³-hybridized carbons (Fsp3) is 0.500. The summed E-state index contributed by atoms with van der Waals surface area (Å²) < 4.78 is 40.1. The number of carbonyl (C=O) groups is 1. The van der Waals surface area contributed by atoms with Crippen LogP contribution in [0.4, 0.5) is 13.2 Å². The van der Waals surface area contributed by atoms with Gasteiger partial charge in [-0.2, -0.15) is 13.2 Å². The molecule has 8 nitrogen and oxygen atoms in total. The third kappa shape index (κ3) is 4.12. The van der Waals surface area contributed by atoms with Gasteiger partial charge in [0.1, 0.15) is 0 Å². The van der Waals surface area contributed by atoms with Crippen LogP contribution in [0.5, 0.6) is 0 Å². The molecule has 0 spiro atoms. The normalized spacial score (nSPS) is 16.1. The predicted octanol–water partition coefficient (Wildman–Crippen LogP) is 0.988. The van der Waals surface area contributed by atoms with Gasteiger partial charge in [0, 0.05) is 46.3 Å². The highest BCUT2D eigenvalue weighted by molar-refractivity contribution is 5.80. The molecule has 146 valence electrons. The smallest absolute Gasteiger partial charge is 0.349 e. The molecule has 1 amide bonds. The number of hydrogen-bond acceptors (Lipinski definition) is 4. The number of carbonyl (C=O) groups excluding carboxylic acids is 1. The molecule has 0 bridgehead atoms. The number of halogens is 3. The lowest BCUT2D eigenvalue weighted by Gasteiger charge is -2.36. The van der Waals surface area contributed by atoms with Crippen LogP contribution in [-0.2, 0) is 17.5 Å².